The van der Waals surface area contributed by atoms with Gasteiger partial charge in [-0.15, -0.1) is 0 Å². The van der Waals surface area contributed by atoms with Crippen molar-refractivity contribution in [1.29, 1.82) is 0 Å². The second kappa shape index (κ2) is 60.6. The Morgan fingerprint density at radius 1 is 0.337 bits per heavy atom. The summed E-state index contributed by atoms with van der Waals surface area (Å²) >= 11 is 0. The third kappa shape index (κ3) is 42.4. The Hall–Kier alpha value is -1.62. The highest BCUT2D eigenvalue weighted by Gasteiger charge is 2.46. The quantitative estimate of drug-likeness (QED) is 0.0252. The molecule has 0 aromatic rings. The number of aliphatic hydroxyl groups excluding tert-OH is 11. The molecule has 12 N–H and O–H groups in total. The Labute approximate surface area is 597 Å². The molecule has 2 fully saturated rings. The van der Waals surface area contributed by atoms with Crippen molar-refractivity contribution < 1.29 is 80.3 Å². The van der Waals surface area contributed by atoms with Gasteiger partial charge >= 0.3 is 0 Å². The number of aliphatic hydroxyl groups is 12. The molecule has 2 amide bonds. The van der Waals surface area contributed by atoms with Crippen molar-refractivity contribution in [2.45, 2.75) is 459 Å². The molecule has 2 saturated heterocycles. The summed E-state index contributed by atoms with van der Waals surface area (Å²) in [6.45, 7) is 6.13. The van der Waals surface area contributed by atoms with E-state index in [4.69, 9.17) is 9.47 Å². The summed E-state index contributed by atoms with van der Waals surface area (Å²) in [5.74, 6) is -0.817. The van der Waals surface area contributed by atoms with Crippen LogP contribution in [0.1, 0.15) is 374 Å². The highest BCUT2D eigenvalue weighted by Crippen LogP contribution is 2.31. The number of unbranched alkanes of at least 4 members (excludes halogenated alkanes) is 46. The van der Waals surface area contributed by atoms with Gasteiger partial charge in [0.15, 0.2) is 0 Å². The summed E-state index contributed by atoms with van der Waals surface area (Å²) in [5, 5.41) is 129. The smallest absolute Gasteiger partial charge is 0.254 e. The number of carbonyl (C=O) groups is 2. The monoisotopic (exact) mass is 1400 g/mol. The number of hydrogen-bond acceptors (Lipinski definition) is 16. The largest absolute Gasteiger partial charge is 0.394 e. The molecule has 0 radical (unpaired) electrons. The topological polar surface area (TPSA) is 302 Å². The molecule has 582 valence electrons. The summed E-state index contributed by atoms with van der Waals surface area (Å²) in [4.78, 5) is 31.9. The molecule has 0 spiro atoms. The summed E-state index contributed by atoms with van der Waals surface area (Å²) < 4.78 is 11.4. The van der Waals surface area contributed by atoms with E-state index in [0.29, 0.717) is 51.6 Å². The van der Waals surface area contributed by atoms with E-state index >= 15 is 0 Å². The van der Waals surface area contributed by atoms with Crippen LogP contribution in [0.25, 0.3) is 0 Å². The minimum Gasteiger partial charge on any atom is -0.394 e. The van der Waals surface area contributed by atoms with Crippen molar-refractivity contribution in [3.05, 3.63) is 0 Å². The first-order chi connectivity index (χ1) is 47.5. The Morgan fingerprint density at radius 2 is 0.582 bits per heavy atom. The van der Waals surface area contributed by atoms with Gasteiger partial charge in [-0.1, -0.05) is 329 Å². The Kier molecular flexibility index (Phi) is 57.2. The first kappa shape index (κ1) is 92.5. The maximum Gasteiger partial charge on any atom is 0.254 e. The zero-order chi connectivity index (χ0) is 71.9. The fourth-order valence-corrected chi connectivity index (χ4v) is 14.9. The van der Waals surface area contributed by atoms with Crippen LogP contribution in [0.2, 0.25) is 0 Å². The maximum absolute atomic E-state index is 14.9. The van der Waals surface area contributed by atoms with Gasteiger partial charge in [0.2, 0.25) is 0 Å². The van der Waals surface area contributed by atoms with Gasteiger partial charge in [0.1, 0.15) is 60.5 Å². The van der Waals surface area contributed by atoms with Crippen LogP contribution in [0.15, 0.2) is 0 Å². The van der Waals surface area contributed by atoms with Crippen LogP contribution < -0.4 is 0 Å². The highest BCUT2D eigenvalue weighted by molar-refractivity contribution is 5.85. The SMILES string of the molecule is CCCCCCCCCCCCCCCCN(CC(O)CC1O[C@H](CO)[C@@H](O)[C@H](O)[C@H]1O)C(=O)C(O)CCCCCCCCCCCCC(O)(CCCCCCCCCCCCCC)C(=O)N(CCCCCCCCCCCCCCCC)CC(O)CC1O[C@H](CO)[C@@H](O)[C@H](O)[C@H]1O. The molecule has 98 heavy (non-hydrogen) atoms. The molecular formula is C80H156N2O16. The number of rotatable bonds is 68. The van der Waals surface area contributed by atoms with Crippen LogP contribution in [-0.2, 0) is 19.1 Å². The molecule has 2 aliphatic heterocycles. The van der Waals surface area contributed by atoms with Gasteiger partial charge in [0, 0.05) is 39.0 Å². The molecule has 2 heterocycles. The summed E-state index contributed by atoms with van der Waals surface area (Å²) in [6, 6.07) is 0. The molecule has 14 atom stereocenters. The van der Waals surface area contributed by atoms with Gasteiger partial charge in [-0.2, -0.15) is 0 Å². The third-order valence-electron chi connectivity index (χ3n) is 21.5. The number of ether oxygens (including phenoxy) is 2. The van der Waals surface area contributed by atoms with Crippen molar-refractivity contribution in [1.82, 2.24) is 9.80 Å². The molecule has 0 aromatic heterocycles. The summed E-state index contributed by atoms with van der Waals surface area (Å²) in [7, 11) is 0. The standard InChI is InChI=1S/C80H156N2O16/c1-4-7-10-13-16-19-22-25-27-32-37-42-47-52-57-81(61-65(85)59-68-72(88)76(92)74(90)70(63-83)97-68)78(94)67(87)54-49-44-39-34-29-31-36-41-46-51-56-80(96,55-50-45-40-35-30-24-21-18-15-12-9-6-3)79(95)82(58-53-48-43-38-33-28-26-23-20-17-14-11-8-5-2)62-66(86)60-69-73(89)77(93)75(91)71(64-84)98-69/h65-77,83-93,96H,4-64H2,1-3H3/t65?,66?,67?,68?,69?,70-,71-,72+,73+,74-,75-,76-,77-,80?/m1/s1. The molecule has 2 rings (SSSR count). The van der Waals surface area contributed by atoms with Crippen LogP contribution in [0.3, 0.4) is 0 Å². The number of hydrogen-bond donors (Lipinski definition) is 12. The predicted molar refractivity (Wildman–Crippen MR) is 395 cm³/mol. The van der Waals surface area contributed by atoms with E-state index in [1.807, 2.05) is 0 Å². The summed E-state index contributed by atoms with van der Waals surface area (Å²) in [6.07, 6.45) is 40.1. The molecule has 0 aromatic carbocycles. The van der Waals surface area contributed by atoms with Gasteiger partial charge < -0.3 is 80.6 Å². The van der Waals surface area contributed by atoms with Gasteiger partial charge in [-0.05, 0) is 32.1 Å². The van der Waals surface area contributed by atoms with Crippen molar-refractivity contribution in [2.24, 2.45) is 0 Å². The number of nitrogens with zero attached hydrogens (tertiary/aromatic N) is 2. The maximum atomic E-state index is 14.9. The summed E-state index contributed by atoms with van der Waals surface area (Å²) in [5.41, 5.74) is -1.61. The fraction of sp³-hybridized carbons (Fsp3) is 0.975. The molecule has 18 nitrogen and oxygen atoms in total. The lowest BCUT2D eigenvalue weighted by Crippen LogP contribution is -2.59. The molecule has 2 aliphatic rings. The van der Waals surface area contributed by atoms with Gasteiger partial charge in [0.25, 0.3) is 11.8 Å². The van der Waals surface area contributed by atoms with Crippen molar-refractivity contribution in [3.63, 3.8) is 0 Å². The van der Waals surface area contributed by atoms with Gasteiger partial charge in [0.05, 0.1) is 37.6 Å². The van der Waals surface area contributed by atoms with Crippen molar-refractivity contribution in [3.8, 4) is 0 Å². The second-order valence-corrected chi connectivity index (χ2v) is 30.5. The van der Waals surface area contributed by atoms with E-state index in [0.717, 1.165) is 122 Å². The first-order valence-corrected chi connectivity index (χ1v) is 41.5. The third-order valence-corrected chi connectivity index (χ3v) is 21.5. The van der Waals surface area contributed by atoms with E-state index in [9.17, 15) is 70.9 Å². The van der Waals surface area contributed by atoms with Gasteiger partial charge in [-0.25, -0.2) is 0 Å². The van der Waals surface area contributed by atoms with Crippen LogP contribution >= 0.6 is 0 Å². The zero-order valence-electron chi connectivity index (χ0n) is 63.0. The van der Waals surface area contributed by atoms with E-state index in [-0.39, 0.29) is 31.8 Å². The van der Waals surface area contributed by atoms with Crippen LogP contribution in [0.4, 0.5) is 0 Å². The lowest BCUT2D eigenvalue weighted by atomic mass is 9.87. The van der Waals surface area contributed by atoms with E-state index in [1.165, 1.54) is 185 Å². The van der Waals surface area contributed by atoms with E-state index in [2.05, 4.69) is 20.8 Å². The van der Waals surface area contributed by atoms with E-state index in [1.54, 1.807) is 4.90 Å². The molecule has 0 bridgehead atoms. The molecule has 18 heteroatoms. The van der Waals surface area contributed by atoms with Gasteiger partial charge in [-0.3, -0.25) is 9.59 Å². The minimum atomic E-state index is -1.61. The molecule has 6 unspecified atom stereocenters. The van der Waals surface area contributed by atoms with Crippen molar-refractivity contribution >= 4 is 11.8 Å². The van der Waals surface area contributed by atoms with Crippen LogP contribution in [-0.4, -0.2) is 207 Å². The van der Waals surface area contributed by atoms with Crippen LogP contribution in [0.5, 0.6) is 0 Å². The first-order valence-electron chi connectivity index (χ1n) is 41.5. The Balaban J connectivity index is 1.98. The fourth-order valence-electron chi connectivity index (χ4n) is 14.9. The molecule has 0 aliphatic carbocycles. The zero-order valence-corrected chi connectivity index (χ0v) is 63.0. The average Bonchev–Trinajstić information content (AvgIpc) is 0.829. The molecule has 0 saturated carbocycles. The normalized spacial score (nSPS) is 22.8. The Bertz CT molecular complexity index is 1820. The minimum absolute atomic E-state index is 0.0888. The van der Waals surface area contributed by atoms with Crippen molar-refractivity contribution in [2.75, 3.05) is 39.4 Å². The van der Waals surface area contributed by atoms with Crippen LogP contribution in [0, 0.1) is 0 Å². The highest BCUT2D eigenvalue weighted by atomic mass is 16.6. The lowest BCUT2D eigenvalue weighted by Gasteiger charge is -2.41. The second-order valence-electron chi connectivity index (χ2n) is 30.5. The molecular weight excluding hydrogens is 1240 g/mol. The Morgan fingerprint density at radius 3 is 0.878 bits per heavy atom. The van der Waals surface area contributed by atoms with E-state index < -0.39 is 104 Å². The average molecular weight is 1400 g/mol. The lowest BCUT2D eigenvalue weighted by molar-refractivity contribution is -0.234. The predicted octanol–water partition coefficient (Wildman–Crippen LogP) is 13.7. The number of carbonyl (C=O) groups excluding carboxylic acids is 2. The number of amides is 2.